The minimum Gasteiger partial charge on any atom is -0.481 e. The molecule has 86 valence electrons. The highest BCUT2D eigenvalue weighted by molar-refractivity contribution is 5.93. The molecule has 0 aromatic carbocycles. The maximum Gasteiger partial charge on any atom is 0.310 e. The lowest BCUT2D eigenvalue weighted by atomic mass is 10.0. The zero-order chi connectivity index (χ0) is 11.7. The molecule has 1 aliphatic rings. The molecule has 3 N–H and O–H groups in total. The van der Waals surface area contributed by atoms with E-state index in [9.17, 15) is 9.59 Å². The zero-order valence-electron chi connectivity index (χ0n) is 8.55. The largest absolute Gasteiger partial charge is 0.481 e. The van der Waals surface area contributed by atoms with Crippen LogP contribution in [0.2, 0.25) is 0 Å². The second-order valence-corrected chi connectivity index (χ2v) is 3.72. The highest BCUT2D eigenvalue weighted by atomic mass is 16.4. The van der Waals surface area contributed by atoms with Crippen LogP contribution in [-0.4, -0.2) is 35.0 Å². The van der Waals surface area contributed by atoms with Crippen LogP contribution in [0, 0.1) is 5.92 Å². The van der Waals surface area contributed by atoms with Gasteiger partial charge in [0.2, 0.25) is 0 Å². The second kappa shape index (κ2) is 3.97. The van der Waals surface area contributed by atoms with Crippen LogP contribution in [0.4, 0.5) is 0 Å². The maximum atomic E-state index is 11.7. The van der Waals surface area contributed by atoms with Crippen molar-refractivity contribution in [3.8, 4) is 0 Å². The van der Waals surface area contributed by atoms with Gasteiger partial charge in [0, 0.05) is 13.1 Å². The van der Waals surface area contributed by atoms with E-state index >= 15 is 0 Å². The Morgan fingerprint density at radius 2 is 2.19 bits per heavy atom. The van der Waals surface area contributed by atoms with Gasteiger partial charge in [0.1, 0.15) is 5.76 Å². The third-order valence-corrected chi connectivity index (χ3v) is 2.59. The molecule has 1 fully saturated rings. The molecule has 6 heteroatoms. The predicted octanol–water partition coefficient (Wildman–Crippen LogP) is -0.105. The van der Waals surface area contributed by atoms with Crippen molar-refractivity contribution < 1.29 is 19.1 Å². The monoisotopic (exact) mass is 224 g/mol. The Morgan fingerprint density at radius 3 is 2.69 bits per heavy atom. The van der Waals surface area contributed by atoms with Gasteiger partial charge in [-0.25, -0.2) is 0 Å². The predicted molar refractivity (Wildman–Crippen MR) is 53.6 cm³/mol. The highest BCUT2D eigenvalue weighted by Gasteiger charge is 2.36. The summed E-state index contributed by atoms with van der Waals surface area (Å²) in [4.78, 5) is 23.7. The molecule has 1 aromatic heterocycles. The topological polar surface area (TPSA) is 96.8 Å². The molecular formula is C10H12N2O4. The van der Waals surface area contributed by atoms with Gasteiger partial charge in [-0.2, -0.15) is 0 Å². The Labute approximate surface area is 91.6 Å². The number of amides is 1. The van der Waals surface area contributed by atoms with E-state index in [0.717, 1.165) is 0 Å². The number of nitrogens with two attached hydrogens (primary N) is 1. The van der Waals surface area contributed by atoms with Gasteiger partial charge >= 0.3 is 5.97 Å². The lowest BCUT2D eigenvalue weighted by Gasteiger charge is -2.35. The van der Waals surface area contributed by atoms with Crippen molar-refractivity contribution in [3.63, 3.8) is 0 Å². The molecular weight excluding hydrogens is 212 g/mol. The summed E-state index contributed by atoms with van der Waals surface area (Å²) in [5, 5.41) is 8.67. The molecule has 2 heterocycles. The number of carbonyl (C=O) groups is 2. The summed E-state index contributed by atoms with van der Waals surface area (Å²) in [6, 6.07) is 3.19. The summed E-state index contributed by atoms with van der Waals surface area (Å²) >= 11 is 0. The standard InChI is InChI=1S/C10H12N2O4/c11-3-7-1-2-8(16-7)9(13)12-4-6(5-12)10(14)15/h1-2,6H,3-5,11H2,(H,14,15). The Hall–Kier alpha value is -1.82. The van der Waals surface area contributed by atoms with Crippen LogP contribution in [0.1, 0.15) is 16.3 Å². The molecule has 0 aliphatic carbocycles. The van der Waals surface area contributed by atoms with Gasteiger partial charge in [-0.3, -0.25) is 9.59 Å². The first-order valence-electron chi connectivity index (χ1n) is 4.92. The number of furan rings is 1. The van der Waals surface area contributed by atoms with Crippen molar-refractivity contribution in [2.24, 2.45) is 11.7 Å². The van der Waals surface area contributed by atoms with Crippen molar-refractivity contribution in [2.75, 3.05) is 13.1 Å². The van der Waals surface area contributed by atoms with Crippen molar-refractivity contribution in [1.29, 1.82) is 0 Å². The molecule has 1 amide bonds. The van der Waals surface area contributed by atoms with Crippen molar-refractivity contribution in [3.05, 3.63) is 23.7 Å². The van der Waals surface area contributed by atoms with Gasteiger partial charge in [0.05, 0.1) is 12.5 Å². The molecule has 0 bridgehead atoms. The molecule has 0 atom stereocenters. The molecule has 1 aliphatic heterocycles. The van der Waals surface area contributed by atoms with E-state index in [1.165, 1.54) is 4.90 Å². The first kappa shape index (κ1) is 10.7. The van der Waals surface area contributed by atoms with Gasteiger partial charge in [-0.15, -0.1) is 0 Å². The van der Waals surface area contributed by atoms with Crippen molar-refractivity contribution in [1.82, 2.24) is 4.90 Å². The lowest BCUT2D eigenvalue weighted by Crippen LogP contribution is -2.52. The smallest absolute Gasteiger partial charge is 0.310 e. The second-order valence-electron chi connectivity index (χ2n) is 3.72. The summed E-state index contributed by atoms with van der Waals surface area (Å²) < 4.78 is 5.18. The van der Waals surface area contributed by atoms with Crippen LogP contribution < -0.4 is 5.73 Å². The van der Waals surface area contributed by atoms with Crippen LogP contribution in [0.15, 0.2) is 16.5 Å². The van der Waals surface area contributed by atoms with E-state index in [1.54, 1.807) is 12.1 Å². The third-order valence-electron chi connectivity index (χ3n) is 2.59. The van der Waals surface area contributed by atoms with Gasteiger partial charge in [-0.05, 0) is 12.1 Å². The molecule has 1 saturated heterocycles. The Morgan fingerprint density at radius 1 is 1.50 bits per heavy atom. The number of carbonyl (C=O) groups excluding carboxylic acids is 1. The summed E-state index contributed by atoms with van der Waals surface area (Å²) in [5.74, 6) is -0.848. The van der Waals surface area contributed by atoms with Gasteiger partial charge in [-0.1, -0.05) is 0 Å². The van der Waals surface area contributed by atoms with E-state index in [1.807, 2.05) is 0 Å². The molecule has 1 aromatic rings. The minimum absolute atomic E-state index is 0.212. The average molecular weight is 224 g/mol. The molecule has 0 radical (unpaired) electrons. The summed E-state index contributed by atoms with van der Waals surface area (Å²) in [5.41, 5.74) is 5.35. The van der Waals surface area contributed by atoms with E-state index in [4.69, 9.17) is 15.3 Å². The van der Waals surface area contributed by atoms with Gasteiger partial charge in [0.25, 0.3) is 5.91 Å². The molecule has 16 heavy (non-hydrogen) atoms. The number of aliphatic carboxylic acids is 1. The number of carboxylic acid groups (broad SMARTS) is 1. The Bertz CT molecular complexity index is 420. The van der Waals surface area contributed by atoms with E-state index in [-0.39, 0.29) is 31.3 Å². The summed E-state index contributed by atoms with van der Waals surface area (Å²) in [6.45, 7) is 0.727. The van der Waals surface area contributed by atoms with Gasteiger partial charge in [0.15, 0.2) is 5.76 Å². The number of hydrogen-bond donors (Lipinski definition) is 2. The van der Waals surface area contributed by atoms with Crippen LogP contribution in [0.3, 0.4) is 0 Å². The van der Waals surface area contributed by atoms with E-state index < -0.39 is 11.9 Å². The Balaban J connectivity index is 1.97. The fourth-order valence-electron chi connectivity index (χ4n) is 1.56. The Kier molecular flexibility index (Phi) is 2.66. The molecule has 0 spiro atoms. The van der Waals surface area contributed by atoms with Crippen LogP contribution in [0.25, 0.3) is 0 Å². The summed E-state index contributed by atoms with van der Waals surface area (Å²) in [7, 11) is 0. The summed E-state index contributed by atoms with van der Waals surface area (Å²) in [6.07, 6.45) is 0. The third kappa shape index (κ3) is 1.79. The van der Waals surface area contributed by atoms with Crippen LogP contribution in [0.5, 0.6) is 0 Å². The maximum absolute atomic E-state index is 11.7. The number of carboxylic acids is 1. The molecule has 2 rings (SSSR count). The SMILES string of the molecule is NCc1ccc(C(=O)N2CC(C(=O)O)C2)o1. The fraction of sp³-hybridized carbons (Fsp3) is 0.400. The first-order valence-corrected chi connectivity index (χ1v) is 4.92. The zero-order valence-corrected chi connectivity index (χ0v) is 8.55. The highest BCUT2D eigenvalue weighted by Crippen LogP contribution is 2.19. The average Bonchev–Trinajstić information content (AvgIpc) is 2.62. The molecule has 0 saturated carbocycles. The first-order chi connectivity index (χ1) is 7.61. The normalized spacial score (nSPS) is 15.9. The van der Waals surface area contributed by atoms with Crippen LogP contribution >= 0.6 is 0 Å². The van der Waals surface area contributed by atoms with Gasteiger partial charge < -0.3 is 20.2 Å². The van der Waals surface area contributed by atoms with E-state index in [0.29, 0.717) is 5.76 Å². The van der Waals surface area contributed by atoms with E-state index in [2.05, 4.69) is 0 Å². The van der Waals surface area contributed by atoms with Crippen molar-refractivity contribution >= 4 is 11.9 Å². The number of hydrogen-bond acceptors (Lipinski definition) is 4. The number of rotatable bonds is 3. The molecule has 6 nitrogen and oxygen atoms in total. The fourth-order valence-corrected chi connectivity index (χ4v) is 1.56. The van der Waals surface area contributed by atoms with Crippen LogP contribution in [-0.2, 0) is 11.3 Å². The molecule has 0 unspecified atom stereocenters. The quantitative estimate of drug-likeness (QED) is 0.747. The number of likely N-dealkylation sites (tertiary alicyclic amines) is 1. The minimum atomic E-state index is -0.869. The lowest BCUT2D eigenvalue weighted by molar-refractivity contribution is -0.146. The number of nitrogens with zero attached hydrogens (tertiary/aromatic N) is 1. The van der Waals surface area contributed by atoms with Crippen molar-refractivity contribution in [2.45, 2.75) is 6.54 Å².